The maximum Gasteiger partial charge on any atom is 0.193 e. The van der Waals surface area contributed by atoms with E-state index >= 15 is 0 Å². The molecule has 2 N–H and O–H groups in total. The molecule has 0 aliphatic heterocycles. The molecule has 2 rings (SSSR count). The first kappa shape index (κ1) is 15.4. The Morgan fingerprint density at radius 2 is 1.67 bits per heavy atom. The van der Waals surface area contributed by atoms with Crippen molar-refractivity contribution in [3.05, 3.63) is 51.5 Å². The highest BCUT2D eigenvalue weighted by Crippen LogP contribution is 2.31. The van der Waals surface area contributed by atoms with Gasteiger partial charge in [-0.2, -0.15) is 0 Å². The largest absolute Gasteiger partial charge is 0.493 e. The molecule has 0 aromatic heterocycles. The van der Waals surface area contributed by atoms with Crippen LogP contribution in [0.3, 0.4) is 0 Å². The number of methoxy groups -OCH3 is 2. The van der Waals surface area contributed by atoms with Gasteiger partial charge in [0.2, 0.25) is 0 Å². The summed E-state index contributed by atoms with van der Waals surface area (Å²) < 4.78 is 11.3. The van der Waals surface area contributed by atoms with Crippen molar-refractivity contribution in [2.24, 2.45) is 0 Å². The van der Waals surface area contributed by atoms with Crippen molar-refractivity contribution in [1.82, 2.24) is 0 Å². The number of hydrogen-bond acceptors (Lipinski definition) is 4. The molecule has 0 bridgehead atoms. The number of hydrogen-bond donors (Lipinski definition) is 1. The third-order valence-corrected chi connectivity index (χ3v) is 3.62. The van der Waals surface area contributed by atoms with Crippen LogP contribution in [-0.4, -0.2) is 20.0 Å². The Labute approximate surface area is 132 Å². The van der Waals surface area contributed by atoms with Gasteiger partial charge in [-0.15, -0.1) is 0 Å². The number of halogens is 1. The van der Waals surface area contributed by atoms with Gasteiger partial charge in [-0.1, -0.05) is 15.9 Å². The number of nitrogen functional groups attached to an aromatic ring is 1. The van der Waals surface area contributed by atoms with Crippen LogP contribution in [-0.2, 0) is 0 Å². The lowest BCUT2D eigenvalue weighted by Crippen LogP contribution is -2.06. The fourth-order valence-electron chi connectivity index (χ4n) is 2.12. The zero-order valence-electron chi connectivity index (χ0n) is 12.1. The molecule has 0 atom stereocenters. The molecule has 0 aliphatic rings. The van der Waals surface area contributed by atoms with Crippen molar-refractivity contribution in [3.63, 3.8) is 0 Å². The monoisotopic (exact) mass is 349 g/mol. The number of rotatable bonds is 4. The van der Waals surface area contributed by atoms with E-state index in [9.17, 15) is 4.79 Å². The van der Waals surface area contributed by atoms with Crippen LogP contribution in [0, 0.1) is 6.92 Å². The molecule has 110 valence electrons. The summed E-state index contributed by atoms with van der Waals surface area (Å²) in [6.07, 6.45) is 0. The fourth-order valence-corrected chi connectivity index (χ4v) is 2.64. The molecule has 0 radical (unpaired) electrons. The number of aryl methyl sites for hydroxylation is 1. The second-order valence-electron chi connectivity index (χ2n) is 4.62. The van der Waals surface area contributed by atoms with Gasteiger partial charge in [0.05, 0.1) is 14.2 Å². The molecule has 0 heterocycles. The first-order valence-electron chi connectivity index (χ1n) is 6.29. The van der Waals surface area contributed by atoms with Crippen LogP contribution >= 0.6 is 15.9 Å². The van der Waals surface area contributed by atoms with Gasteiger partial charge in [0.15, 0.2) is 17.3 Å². The van der Waals surface area contributed by atoms with Crippen LogP contribution in [0.25, 0.3) is 0 Å². The van der Waals surface area contributed by atoms with Gasteiger partial charge >= 0.3 is 0 Å². The van der Waals surface area contributed by atoms with Crippen LogP contribution < -0.4 is 15.2 Å². The molecule has 0 saturated heterocycles. The summed E-state index contributed by atoms with van der Waals surface area (Å²) in [5.74, 6) is 1.01. The normalized spacial score (nSPS) is 10.3. The maximum atomic E-state index is 12.7. The molecular weight excluding hydrogens is 334 g/mol. The first-order chi connectivity index (χ1) is 9.96. The lowest BCUT2D eigenvalue weighted by atomic mass is 9.98. The lowest BCUT2D eigenvalue weighted by Gasteiger charge is -2.12. The first-order valence-corrected chi connectivity index (χ1v) is 7.09. The summed E-state index contributed by atoms with van der Waals surface area (Å²) >= 11 is 3.35. The summed E-state index contributed by atoms with van der Waals surface area (Å²) in [6, 6.07) is 8.62. The average Bonchev–Trinajstić information content (AvgIpc) is 2.45. The van der Waals surface area contributed by atoms with Gasteiger partial charge < -0.3 is 15.2 Å². The lowest BCUT2D eigenvalue weighted by molar-refractivity contribution is 0.103. The van der Waals surface area contributed by atoms with Gasteiger partial charge in [-0.3, -0.25) is 4.79 Å². The zero-order chi connectivity index (χ0) is 15.6. The third kappa shape index (κ3) is 3.19. The molecule has 0 amide bonds. The van der Waals surface area contributed by atoms with E-state index in [2.05, 4.69) is 15.9 Å². The topological polar surface area (TPSA) is 61.5 Å². The smallest absolute Gasteiger partial charge is 0.193 e. The summed E-state index contributed by atoms with van der Waals surface area (Å²) in [7, 11) is 3.10. The van der Waals surface area contributed by atoms with Crippen LogP contribution in [0.4, 0.5) is 5.69 Å². The number of anilines is 1. The predicted octanol–water partition coefficient (Wildman–Crippen LogP) is 3.59. The summed E-state index contributed by atoms with van der Waals surface area (Å²) in [4.78, 5) is 12.7. The summed E-state index contributed by atoms with van der Waals surface area (Å²) in [5.41, 5.74) is 8.22. The number of carbonyl (C=O) groups is 1. The molecule has 21 heavy (non-hydrogen) atoms. The molecule has 0 unspecified atom stereocenters. The highest BCUT2D eigenvalue weighted by molar-refractivity contribution is 9.10. The molecule has 2 aromatic rings. The van der Waals surface area contributed by atoms with E-state index in [1.165, 1.54) is 0 Å². The van der Waals surface area contributed by atoms with Crippen molar-refractivity contribution < 1.29 is 14.3 Å². The molecule has 0 aliphatic carbocycles. The van der Waals surface area contributed by atoms with E-state index in [0.29, 0.717) is 28.3 Å². The number of ether oxygens (including phenoxy) is 2. The maximum absolute atomic E-state index is 12.7. The molecular formula is C16H16BrNO3. The number of nitrogens with two attached hydrogens (primary N) is 1. The van der Waals surface area contributed by atoms with E-state index < -0.39 is 0 Å². The van der Waals surface area contributed by atoms with Crippen molar-refractivity contribution in [2.45, 2.75) is 6.92 Å². The Morgan fingerprint density at radius 1 is 1.05 bits per heavy atom. The van der Waals surface area contributed by atoms with Gasteiger partial charge in [-0.05, 0) is 42.8 Å². The predicted molar refractivity (Wildman–Crippen MR) is 86.3 cm³/mol. The van der Waals surface area contributed by atoms with Crippen molar-refractivity contribution >= 4 is 27.4 Å². The fraction of sp³-hybridized carbons (Fsp3) is 0.188. The molecule has 2 aromatic carbocycles. The molecule has 4 nitrogen and oxygen atoms in total. The second-order valence-corrected chi connectivity index (χ2v) is 5.54. The van der Waals surface area contributed by atoms with E-state index in [1.807, 2.05) is 6.92 Å². The minimum Gasteiger partial charge on any atom is -0.493 e. The highest BCUT2D eigenvalue weighted by Gasteiger charge is 2.16. The SMILES string of the molecule is COc1cc(C)c(C(=O)c2cc(N)cc(Br)c2)cc1OC. The number of ketones is 1. The van der Waals surface area contributed by atoms with E-state index in [4.69, 9.17) is 15.2 Å². The second kappa shape index (κ2) is 6.18. The van der Waals surface area contributed by atoms with Gasteiger partial charge in [0, 0.05) is 21.3 Å². The van der Waals surface area contributed by atoms with Crippen molar-refractivity contribution in [1.29, 1.82) is 0 Å². The van der Waals surface area contributed by atoms with Crippen LogP contribution in [0.1, 0.15) is 21.5 Å². The van der Waals surface area contributed by atoms with Crippen molar-refractivity contribution in [3.8, 4) is 11.5 Å². The van der Waals surface area contributed by atoms with E-state index in [1.54, 1.807) is 44.6 Å². The Balaban J connectivity index is 2.52. The van der Waals surface area contributed by atoms with Gasteiger partial charge in [-0.25, -0.2) is 0 Å². The Morgan fingerprint density at radius 3 is 2.24 bits per heavy atom. The molecule has 0 saturated carbocycles. The van der Waals surface area contributed by atoms with Crippen LogP contribution in [0.15, 0.2) is 34.8 Å². The van der Waals surface area contributed by atoms with Crippen LogP contribution in [0.5, 0.6) is 11.5 Å². The summed E-state index contributed by atoms with van der Waals surface area (Å²) in [5, 5.41) is 0. The van der Waals surface area contributed by atoms with Crippen molar-refractivity contribution in [2.75, 3.05) is 20.0 Å². The summed E-state index contributed by atoms with van der Waals surface area (Å²) in [6.45, 7) is 1.86. The minimum absolute atomic E-state index is 0.110. The Kier molecular flexibility index (Phi) is 4.53. The third-order valence-electron chi connectivity index (χ3n) is 3.16. The van der Waals surface area contributed by atoms with E-state index in [-0.39, 0.29) is 5.78 Å². The van der Waals surface area contributed by atoms with E-state index in [0.717, 1.165) is 10.0 Å². The highest BCUT2D eigenvalue weighted by atomic mass is 79.9. The quantitative estimate of drug-likeness (QED) is 0.676. The minimum atomic E-state index is -0.110. The van der Waals surface area contributed by atoms with Gasteiger partial charge in [0.25, 0.3) is 0 Å². The Hall–Kier alpha value is -2.01. The molecule has 0 fully saturated rings. The molecule has 5 heteroatoms. The zero-order valence-corrected chi connectivity index (χ0v) is 13.7. The standard InChI is InChI=1S/C16H16BrNO3/c1-9-4-14(20-2)15(21-3)8-13(9)16(19)10-5-11(17)7-12(18)6-10/h4-8H,18H2,1-3H3. The average molecular weight is 350 g/mol. The Bertz CT molecular complexity index is 678. The van der Waals surface area contributed by atoms with Crippen LogP contribution in [0.2, 0.25) is 0 Å². The molecule has 0 spiro atoms. The van der Waals surface area contributed by atoms with Gasteiger partial charge in [0.1, 0.15) is 0 Å². The number of benzene rings is 2. The number of carbonyl (C=O) groups excluding carboxylic acids is 1.